The molecule has 0 saturated carbocycles. The summed E-state index contributed by atoms with van der Waals surface area (Å²) in [5.41, 5.74) is 2.98. The third-order valence-electron chi connectivity index (χ3n) is 3.86. The average Bonchev–Trinajstić information content (AvgIpc) is 3.22. The van der Waals surface area contributed by atoms with Gasteiger partial charge in [0.1, 0.15) is 11.5 Å². The summed E-state index contributed by atoms with van der Waals surface area (Å²) in [6.07, 6.45) is 6.22. The van der Waals surface area contributed by atoms with Gasteiger partial charge in [0.15, 0.2) is 5.13 Å². The van der Waals surface area contributed by atoms with Crippen molar-refractivity contribution in [2.24, 2.45) is 0 Å². The van der Waals surface area contributed by atoms with Crippen LogP contribution in [-0.4, -0.2) is 15.0 Å². The highest BCUT2D eigenvalue weighted by atomic mass is 35.5. The molecular weight excluding hydrogens is 359 g/mol. The van der Waals surface area contributed by atoms with Crippen molar-refractivity contribution in [2.45, 2.75) is 13.0 Å². The van der Waals surface area contributed by atoms with Crippen LogP contribution in [0.2, 0.25) is 5.02 Å². The SMILES string of the molecule is Fc1ccc(CNc2ncc(Cc3c[nH]c4ncc(Cl)cc34)s2)cc1. The molecule has 0 spiro atoms. The molecule has 3 aromatic heterocycles. The van der Waals surface area contributed by atoms with E-state index in [4.69, 9.17) is 11.6 Å². The maximum Gasteiger partial charge on any atom is 0.183 e. The molecule has 1 aromatic carbocycles. The average molecular weight is 373 g/mol. The Kier molecular flexibility index (Phi) is 4.38. The molecule has 0 unspecified atom stereocenters. The molecule has 4 rings (SSSR count). The van der Waals surface area contributed by atoms with Crippen LogP contribution in [0.3, 0.4) is 0 Å². The van der Waals surface area contributed by atoms with Gasteiger partial charge >= 0.3 is 0 Å². The molecule has 0 amide bonds. The van der Waals surface area contributed by atoms with Crippen LogP contribution < -0.4 is 5.32 Å². The molecule has 126 valence electrons. The van der Waals surface area contributed by atoms with Crippen LogP contribution in [-0.2, 0) is 13.0 Å². The Morgan fingerprint density at radius 3 is 2.84 bits per heavy atom. The highest BCUT2D eigenvalue weighted by molar-refractivity contribution is 7.15. The lowest BCUT2D eigenvalue weighted by atomic mass is 10.1. The molecule has 4 aromatic rings. The van der Waals surface area contributed by atoms with E-state index in [0.717, 1.165) is 38.6 Å². The summed E-state index contributed by atoms with van der Waals surface area (Å²) >= 11 is 7.65. The number of aromatic amines is 1. The van der Waals surface area contributed by atoms with E-state index >= 15 is 0 Å². The largest absolute Gasteiger partial charge is 0.357 e. The predicted molar refractivity (Wildman–Crippen MR) is 99.8 cm³/mol. The molecular formula is C18H14ClFN4S. The van der Waals surface area contributed by atoms with E-state index in [1.165, 1.54) is 12.1 Å². The minimum atomic E-state index is -0.228. The molecule has 2 N–H and O–H groups in total. The number of nitrogens with one attached hydrogen (secondary N) is 2. The number of thiazole rings is 1. The first-order chi connectivity index (χ1) is 12.2. The standard InChI is InChI=1S/C18H14ClFN4S/c19-13-6-16-12(8-21-17(16)22-9-13)5-15-10-24-18(25-15)23-7-11-1-3-14(20)4-2-11/h1-4,6,8-10H,5,7H2,(H,21,22)(H,23,24). The zero-order valence-electron chi connectivity index (χ0n) is 13.1. The second-order valence-electron chi connectivity index (χ2n) is 5.65. The van der Waals surface area contributed by atoms with Gasteiger partial charge in [-0.2, -0.15) is 0 Å². The topological polar surface area (TPSA) is 53.6 Å². The van der Waals surface area contributed by atoms with Crippen molar-refractivity contribution >= 4 is 39.1 Å². The van der Waals surface area contributed by atoms with Gasteiger partial charge in [0.2, 0.25) is 0 Å². The Bertz CT molecular complexity index is 1010. The Labute approximate surface area is 152 Å². The number of aromatic nitrogens is 3. The maximum absolute atomic E-state index is 12.9. The van der Waals surface area contributed by atoms with E-state index in [-0.39, 0.29) is 5.82 Å². The lowest BCUT2D eigenvalue weighted by Crippen LogP contribution is -1.98. The van der Waals surface area contributed by atoms with E-state index in [0.29, 0.717) is 11.6 Å². The summed E-state index contributed by atoms with van der Waals surface area (Å²) in [6, 6.07) is 8.37. The first kappa shape index (κ1) is 16.1. The fourth-order valence-electron chi connectivity index (χ4n) is 2.62. The number of benzene rings is 1. The summed E-state index contributed by atoms with van der Waals surface area (Å²) in [6.45, 7) is 0.611. The summed E-state index contributed by atoms with van der Waals surface area (Å²) in [5, 5.41) is 5.77. The summed E-state index contributed by atoms with van der Waals surface area (Å²) in [7, 11) is 0. The van der Waals surface area contributed by atoms with Crippen molar-refractivity contribution in [3.63, 3.8) is 0 Å². The highest BCUT2D eigenvalue weighted by Crippen LogP contribution is 2.26. The van der Waals surface area contributed by atoms with Crippen molar-refractivity contribution in [1.82, 2.24) is 15.0 Å². The van der Waals surface area contributed by atoms with Crippen LogP contribution in [0.4, 0.5) is 9.52 Å². The smallest absolute Gasteiger partial charge is 0.183 e. The fourth-order valence-corrected chi connectivity index (χ4v) is 3.61. The number of anilines is 1. The van der Waals surface area contributed by atoms with Crippen molar-refractivity contribution in [1.29, 1.82) is 0 Å². The molecule has 4 nitrogen and oxygen atoms in total. The first-order valence-corrected chi connectivity index (χ1v) is 8.91. The Morgan fingerprint density at radius 1 is 1.16 bits per heavy atom. The second kappa shape index (κ2) is 6.82. The van der Waals surface area contributed by atoms with Gasteiger partial charge in [-0.15, -0.1) is 11.3 Å². The molecule has 0 radical (unpaired) electrons. The van der Waals surface area contributed by atoms with Crippen molar-refractivity contribution in [3.05, 3.63) is 75.8 Å². The van der Waals surface area contributed by atoms with Gasteiger partial charge in [-0.25, -0.2) is 14.4 Å². The van der Waals surface area contributed by atoms with Gasteiger partial charge in [-0.05, 0) is 29.3 Å². The van der Waals surface area contributed by atoms with E-state index in [2.05, 4.69) is 20.3 Å². The third-order valence-corrected chi connectivity index (χ3v) is 5.02. The zero-order valence-corrected chi connectivity index (χ0v) is 14.7. The highest BCUT2D eigenvalue weighted by Gasteiger charge is 2.09. The van der Waals surface area contributed by atoms with E-state index in [1.54, 1.807) is 29.7 Å². The van der Waals surface area contributed by atoms with Crippen LogP contribution in [0.1, 0.15) is 16.0 Å². The normalized spacial score (nSPS) is 11.1. The summed E-state index contributed by atoms with van der Waals surface area (Å²) in [4.78, 5) is 13.0. The fraction of sp³-hybridized carbons (Fsp3) is 0.111. The number of H-pyrrole nitrogens is 1. The molecule has 25 heavy (non-hydrogen) atoms. The van der Waals surface area contributed by atoms with Gasteiger partial charge in [0, 0.05) is 41.8 Å². The number of hydrogen-bond donors (Lipinski definition) is 2. The minimum Gasteiger partial charge on any atom is -0.357 e. The monoisotopic (exact) mass is 372 g/mol. The molecule has 0 bridgehead atoms. The minimum absolute atomic E-state index is 0.228. The molecule has 0 atom stereocenters. The third kappa shape index (κ3) is 3.65. The van der Waals surface area contributed by atoms with Crippen LogP contribution in [0.25, 0.3) is 11.0 Å². The lowest BCUT2D eigenvalue weighted by molar-refractivity contribution is 0.627. The molecule has 7 heteroatoms. The number of fused-ring (bicyclic) bond motifs is 1. The van der Waals surface area contributed by atoms with Crippen LogP contribution >= 0.6 is 22.9 Å². The van der Waals surface area contributed by atoms with Crippen molar-refractivity contribution in [2.75, 3.05) is 5.32 Å². The van der Waals surface area contributed by atoms with Gasteiger partial charge in [0.25, 0.3) is 0 Å². The van der Waals surface area contributed by atoms with Crippen LogP contribution in [0.5, 0.6) is 0 Å². The molecule has 3 heterocycles. The van der Waals surface area contributed by atoms with Crippen LogP contribution in [0.15, 0.2) is 48.9 Å². The Balaban J connectivity index is 1.45. The van der Waals surface area contributed by atoms with Crippen molar-refractivity contribution in [3.8, 4) is 0 Å². The number of nitrogens with zero attached hydrogens (tertiary/aromatic N) is 2. The maximum atomic E-state index is 12.9. The van der Waals surface area contributed by atoms with E-state index < -0.39 is 0 Å². The quantitative estimate of drug-likeness (QED) is 0.517. The predicted octanol–water partition coefficient (Wildman–Crippen LogP) is 5.01. The molecule has 0 saturated heterocycles. The summed E-state index contributed by atoms with van der Waals surface area (Å²) < 4.78 is 12.9. The number of halogens is 2. The molecule has 0 aliphatic heterocycles. The van der Waals surface area contributed by atoms with Gasteiger partial charge < -0.3 is 10.3 Å². The molecule has 0 fully saturated rings. The van der Waals surface area contributed by atoms with E-state index in [9.17, 15) is 4.39 Å². The zero-order chi connectivity index (χ0) is 17.2. The van der Waals surface area contributed by atoms with Crippen molar-refractivity contribution < 1.29 is 4.39 Å². The molecule has 0 aliphatic rings. The second-order valence-corrected chi connectivity index (χ2v) is 7.20. The lowest BCUT2D eigenvalue weighted by Gasteiger charge is -2.02. The first-order valence-electron chi connectivity index (χ1n) is 7.72. The van der Waals surface area contributed by atoms with Gasteiger partial charge in [0.05, 0.1) is 5.02 Å². The Morgan fingerprint density at radius 2 is 2.00 bits per heavy atom. The Hall–Kier alpha value is -2.44. The molecule has 0 aliphatic carbocycles. The van der Waals surface area contributed by atoms with E-state index in [1.807, 2.05) is 18.5 Å². The number of pyridine rings is 1. The number of rotatable bonds is 5. The van der Waals surface area contributed by atoms with Gasteiger partial charge in [-0.3, -0.25) is 0 Å². The van der Waals surface area contributed by atoms with Crippen LogP contribution in [0, 0.1) is 5.82 Å². The number of hydrogen-bond acceptors (Lipinski definition) is 4. The van der Waals surface area contributed by atoms with Gasteiger partial charge in [-0.1, -0.05) is 23.7 Å². The summed E-state index contributed by atoms with van der Waals surface area (Å²) in [5.74, 6) is -0.228.